The molecule has 0 saturated heterocycles. The molecule has 0 bridgehead atoms. The van der Waals surface area contributed by atoms with Crippen molar-refractivity contribution in [3.8, 4) is 17.2 Å². The lowest BCUT2D eigenvalue weighted by Gasteiger charge is -2.15. The summed E-state index contributed by atoms with van der Waals surface area (Å²) in [6.45, 7) is 11.4. The molecule has 0 aliphatic carbocycles. The Morgan fingerprint density at radius 3 is 1.85 bits per heavy atom. The maximum Gasteiger partial charge on any atom is 0.311 e. The van der Waals surface area contributed by atoms with Gasteiger partial charge in [0.2, 0.25) is 5.75 Å². The molecule has 194 valence electrons. The first kappa shape index (κ1) is 30.0. The lowest BCUT2D eigenvalue weighted by molar-refractivity contribution is -0.137. The van der Waals surface area contributed by atoms with Gasteiger partial charge in [0.15, 0.2) is 11.5 Å². The predicted molar refractivity (Wildman–Crippen MR) is 139 cm³/mol. The number of esters is 2. The molecule has 1 aromatic carbocycles. The highest BCUT2D eigenvalue weighted by atomic mass is 16.6. The SMILES string of the molecule is CCCCCCCOc1cccc(OC(=O)CCCCC(C)C)c1OC(=O)CCCCC(C)C. The summed E-state index contributed by atoms with van der Waals surface area (Å²) in [6, 6.07) is 5.21. The van der Waals surface area contributed by atoms with Crippen LogP contribution in [0.15, 0.2) is 18.2 Å². The molecule has 0 aliphatic rings. The van der Waals surface area contributed by atoms with Gasteiger partial charge in [-0.1, -0.05) is 92.1 Å². The van der Waals surface area contributed by atoms with Crippen LogP contribution in [0.2, 0.25) is 0 Å². The minimum Gasteiger partial charge on any atom is -0.490 e. The number of carbonyl (C=O) groups is 2. The monoisotopic (exact) mass is 476 g/mol. The maximum atomic E-state index is 12.6. The van der Waals surface area contributed by atoms with Gasteiger partial charge in [0.05, 0.1) is 6.61 Å². The number of rotatable bonds is 19. The molecule has 0 N–H and O–H groups in total. The molecule has 0 saturated carbocycles. The van der Waals surface area contributed by atoms with Crippen molar-refractivity contribution in [2.24, 2.45) is 11.8 Å². The average molecular weight is 477 g/mol. The summed E-state index contributed by atoms with van der Waals surface area (Å²) in [7, 11) is 0. The van der Waals surface area contributed by atoms with Gasteiger partial charge in [0, 0.05) is 12.8 Å². The highest BCUT2D eigenvalue weighted by Gasteiger charge is 2.19. The van der Waals surface area contributed by atoms with Crippen molar-refractivity contribution < 1.29 is 23.8 Å². The number of ether oxygens (including phenoxy) is 3. The zero-order chi connectivity index (χ0) is 25.2. The third kappa shape index (κ3) is 14.3. The van der Waals surface area contributed by atoms with E-state index >= 15 is 0 Å². The summed E-state index contributed by atoms with van der Waals surface area (Å²) >= 11 is 0. The number of benzene rings is 1. The van der Waals surface area contributed by atoms with E-state index < -0.39 is 0 Å². The molecule has 5 nitrogen and oxygen atoms in total. The highest BCUT2D eigenvalue weighted by Crippen LogP contribution is 2.38. The van der Waals surface area contributed by atoms with Crippen LogP contribution in [0.25, 0.3) is 0 Å². The van der Waals surface area contributed by atoms with Crippen molar-refractivity contribution in [1.29, 1.82) is 0 Å². The van der Waals surface area contributed by atoms with E-state index in [9.17, 15) is 9.59 Å². The van der Waals surface area contributed by atoms with E-state index in [2.05, 4.69) is 34.6 Å². The van der Waals surface area contributed by atoms with Gasteiger partial charge in [0.25, 0.3) is 0 Å². The fraction of sp³-hybridized carbons (Fsp3) is 0.724. The fourth-order valence-electron chi connectivity index (χ4n) is 3.66. The summed E-state index contributed by atoms with van der Waals surface area (Å²) in [6.07, 6.45) is 12.0. The van der Waals surface area contributed by atoms with E-state index in [4.69, 9.17) is 14.2 Å². The molecule has 1 aromatic rings. The van der Waals surface area contributed by atoms with E-state index in [-0.39, 0.29) is 23.4 Å². The molecule has 0 aliphatic heterocycles. The topological polar surface area (TPSA) is 61.8 Å². The number of unbranched alkanes of at least 4 members (excludes halogenated alkanes) is 6. The van der Waals surface area contributed by atoms with Crippen LogP contribution in [0.5, 0.6) is 17.2 Å². The molecular formula is C29H48O5. The van der Waals surface area contributed by atoms with E-state index in [1.54, 1.807) is 18.2 Å². The largest absolute Gasteiger partial charge is 0.490 e. The smallest absolute Gasteiger partial charge is 0.311 e. The first-order valence-corrected chi connectivity index (χ1v) is 13.5. The van der Waals surface area contributed by atoms with E-state index in [1.165, 1.54) is 19.3 Å². The first-order chi connectivity index (χ1) is 16.3. The predicted octanol–water partition coefficient (Wildman–Crippen LogP) is 8.28. The van der Waals surface area contributed by atoms with Crippen LogP contribution < -0.4 is 14.2 Å². The molecule has 0 spiro atoms. The first-order valence-electron chi connectivity index (χ1n) is 13.5. The molecule has 5 heteroatoms. The van der Waals surface area contributed by atoms with Crippen LogP contribution in [0.3, 0.4) is 0 Å². The third-order valence-electron chi connectivity index (χ3n) is 5.71. The molecular weight excluding hydrogens is 428 g/mol. The summed E-state index contributed by atoms with van der Waals surface area (Å²) < 4.78 is 17.3. The number of hydrogen-bond donors (Lipinski definition) is 0. The van der Waals surface area contributed by atoms with E-state index in [1.807, 2.05) is 0 Å². The van der Waals surface area contributed by atoms with Crippen LogP contribution in [0.4, 0.5) is 0 Å². The van der Waals surface area contributed by atoms with Crippen LogP contribution in [0.1, 0.15) is 118 Å². The van der Waals surface area contributed by atoms with Gasteiger partial charge in [-0.05, 0) is 43.2 Å². The minimum atomic E-state index is -0.322. The average Bonchev–Trinajstić information content (AvgIpc) is 2.78. The zero-order valence-electron chi connectivity index (χ0n) is 22.3. The van der Waals surface area contributed by atoms with Crippen molar-refractivity contribution >= 4 is 11.9 Å². The Labute approximate surface area is 207 Å². The fourth-order valence-corrected chi connectivity index (χ4v) is 3.66. The molecule has 0 heterocycles. The summed E-state index contributed by atoms with van der Waals surface area (Å²) in [5, 5.41) is 0. The Kier molecular flexibility index (Phi) is 16.1. The Bertz CT molecular complexity index is 696. The molecule has 0 unspecified atom stereocenters. The zero-order valence-corrected chi connectivity index (χ0v) is 22.3. The normalized spacial score (nSPS) is 11.1. The quantitative estimate of drug-likeness (QED) is 0.114. The summed E-state index contributed by atoms with van der Waals surface area (Å²) in [5.74, 6) is 1.54. The van der Waals surface area contributed by atoms with Crippen LogP contribution >= 0.6 is 0 Å². The molecule has 0 amide bonds. The van der Waals surface area contributed by atoms with Crippen molar-refractivity contribution in [3.63, 3.8) is 0 Å². The highest BCUT2D eigenvalue weighted by molar-refractivity contribution is 5.77. The number of hydrogen-bond acceptors (Lipinski definition) is 5. The van der Waals surface area contributed by atoms with Crippen molar-refractivity contribution in [2.75, 3.05) is 6.61 Å². The van der Waals surface area contributed by atoms with Gasteiger partial charge in [-0.3, -0.25) is 9.59 Å². The van der Waals surface area contributed by atoms with Gasteiger partial charge in [0.1, 0.15) is 0 Å². The van der Waals surface area contributed by atoms with Crippen molar-refractivity contribution in [1.82, 2.24) is 0 Å². The summed E-state index contributed by atoms with van der Waals surface area (Å²) in [5.41, 5.74) is 0. The van der Waals surface area contributed by atoms with Crippen LogP contribution in [0, 0.1) is 11.8 Å². The summed E-state index contributed by atoms with van der Waals surface area (Å²) in [4.78, 5) is 25.0. The maximum absolute atomic E-state index is 12.6. The van der Waals surface area contributed by atoms with Crippen LogP contribution in [-0.2, 0) is 9.59 Å². The van der Waals surface area contributed by atoms with Gasteiger partial charge in [-0.2, -0.15) is 0 Å². The number of carbonyl (C=O) groups excluding carboxylic acids is 2. The molecule has 0 atom stereocenters. The second kappa shape index (κ2) is 18.3. The Morgan fingerprint density at radius 1 is 0.706 bits per heavy atom. The third-order valence-corrected chi connectivity index (χ3v) is 5.71. The Hall–Kier alpha value is -2.04. The van der Waals surface area contributed by atoms with E-state index in [0.717, 1.165) is 51.4 Å². The molecule has 1 rings (SSSR count). The lowest BCUT2D eigenvalue weighted by atomic mass is 10.1. The van der Waals surface area contributed by atoms with Crippen molar-refractivity contribution in [3.05, 3.63) is 18.2 Å². The van der Waals surface area contributed by atoms with Crippen LogP contribution in [-0.4, -0.2) is 18.5 Å². The molecule has 34 heavy (non-hydrogen) atoms. The standard InChI is InChI=1S/C29H48O5/c1-6-7-8-9-14-22-32-25-18-15-19-26(33-27(30)20-12-10-16-23(2)3)29(25)34-28(31)21-13-11-17-24(4)5/h15,18-19,23-24H,6-14,16-17,20-22H2,1-5H3. The molecule has 0 aromatic heterocycles. The van der Waals surface area contributed by atoms with E-state index in [0.29, 0.717) is 37.0 Å². The molecule has 0 radical (unpaired) electrons. The van der Waals surface area contributed by atoms with Gasteiger partial charge in [-0.25, -0.2) is 0 Å². The number of para-hydroxylation sites is 1. The minimum absolute atomic E-state index is 0.223. The Balaban J connectivity index is 2.77. The van der Waals surface area contributed by atoms with Gasteiger partial charge < -0.3 is 14.2 Å². The second-order valence-corrected chi connectivity index (χ2v) is 10.1. The second-order valence-electron chi connectivity index (χ2n) is 10.1. The molecule has 0 fully saturated rings. The lowest BCUT2D eigenvalue weighted by Crippen LogP contribution is -2.13. The van der Waals surface area contributed by atoms with Gasteiger partial charge >= 0.3 is 11.9 Å². The Morgan fingerprint density at radius 2 is 1.26 bits per heavy atom. The van der Waals surface area contributed by atoms with Gasteiger partial charge in [-0.15, -0.1) is 0 Å². The van der Waals surface area contributed by atoms with Crippen molar-refractivity contribution in [2.45, 2.75) is 118 Å².